The van der Waals surface area contributed by atoms with E-state index < -0.39 is 0 Å². The number of hydrogen-bond donors (Lipinski definition) is 0. The lowest BCUT2D eigenvalue weighted by molar-refractivity contribution is 0.789. The van der Waals surface area contributed by atoms with E-state index in [2.05, 4.69) is 32.3 Å². The van der Waals surface area contributed by atoms with Gasteiger partial charge < -0.3 is 0 Å². The Morgan fingerprint density at radius 1 is 1.55 bits per heavy atom. The summed E-state index contributed by atoms with van der Waals surface area (Å²) in [5.74, 6) is 0.515. The first-order chi connectivity index (χ1) is 5.22. The monoisotopic (exact) mass is 151 g/mol. The fourth-order valence-electron chi connectivity index (χ4n) is 0.682. The molecule has 62 valence electrons. The molecule has 0 amide bonds. The van der Waals surface area contributed by atoms with Crippen LogP contribution in [0.25, 0.3) is 0 Å². The van der Waals surface area contributed by atoms with Gasteiger partial charge in [0.05, 0.1) is 0 Å². The third-order valence-electron chi connectivity index (χ3n) is 1.41. The van der Waals surface area contributed by atoms with Crippen molar-refractivity contribution in [1.29, 1.82) is 0 Å². The molecule has 1 heteroatoms. The van der Waals surface area contributed by atoms with Crippen LogP contribution in [-0.2, 0) is 0 Å². The molecule has 0 aromatic rings. The van der Waals surface area contributed by atoms with E-state index in [1.807, 2.05) is 18.5 Å². The van der Waals surface area contributed by atoms with E-state index in [9.17, 15) is 0 Å². The molecule has 0 saturated heterocycles. The van der Waals surface area contributed by atoms with Gasteiger partial charge in [-0.15, -0.1) is 0 Å². The first kappa shape index (κ1) is 10.2. The summed E-state index contributed by atoms with van der Waals surface area (Å²) >= 11 is 0. The Balaban J connectivity index is 4.12. The van der Waals surface area contributed by atoms with Crippen LogP contribution in [0.15, 0.2) is 29.4 Å². The summed E-state index contributed by atoms with van der Waals surface area (Å²) < 4.78 is 0. The molecule has 0 aromatic carbocycles. The average molecular weight is 151 g/mol. The Morgan fingerprint density at radius 2 is 2.18 bits per heavy atom. The zero-order valence-electron chi connectivity index (χ0n) is 7.67. The Hall–Kier alpha value is -0.850. The highest BCUT2D eigenvalue weighted by Crippen LogP contribution is 2.09. The summed E-state index contributed by atoms with van der Waals surface area (Å²) in [7, 11) is 0. The molecule has 0 aliphatic heterocycles. The third kappa shape index (κ3) is 4.54. The minimum Gasteiger partial charge on any atom is -0.269 e. The molecular weight excluding hydrogens is 134 g/mol. The van der Waals surface area contributed by atoms with Gasteiger partial charge in [-0.25, -0.2) is 0 Å². The van der Waals surface area contributed by atoms with E-state index in [1.54, 1.807) is 0 Å². The quantitative estimate of drug-likeness (QED) is 0.432. The minimum absolute atomic E-state index is 0.515. The van der Waals surface area contributed by atoms with E-state index in [0.29, 0.717) is 5.92 Å². The molecule has 0 aliphatic rings. The van der Waals surface area contributed by atoms with Gasteiger partial charge in [-0.05, 0) is 17.9 Å². The van der Waals surface area contributed by atoms with Crippen molar-refractivity contribution >= 4 is 6.21 Å². The van der Waals surface area contributed by atoms with Crippen molar-refractivity contribution in [2.45, 2.75) is 27.2 Å². The van der Waals surface area contributed by atoms with Crippen LogP contribution in [0.1, 0.15) is 27.2 Å². The largest absolute Gasteiger partial charge is 0.269 e. The maximum absolute atomic E-state index is 4.12. The summed E-state index contributed by atoms with van der Waals surface area (Å²) in [4.78, 5) is 4.12. The van der Waals surface area contributed by atoms with Crippen LogP contribution in [0.5, 0.6) is 0 Å². The van der Waals surface area contributed by atoms with Crippen LogP contribution in [0.2, 0.25) is 0 Å². The van der Waals surface area contributed by atoms with Crippen molar-refractivity contribution in [1.82, 2.24) is 0 Å². The fourth-order valence-corrected chi connectivity index (χ4v) is 0.682. The van der Waals surface area contributed by atoms with Crippen molar-refractivity contribution < 1.29 is 0 Å². The molecule has 0 rings (SSSR count). The molecular formula is C10H17N. The maximum Gasteiger partial charge on any atom is 0.0298 e. The summed E-state index contributed by atoms with van der Waals surface area (Å²) in [6.45, 7) is 10.1. The lowest BCUT2D eigenvalue weighted by atomic mass is 10.1. The predicted molar refractivity (Wildman–Crippen MR) is 51.9 cm³/mol. The van der Waals surface area contributed by atoms with Crippen LogP contribution in [0, 0.1) is 5.92 Å². The molecule has 0 aromatic heterocycles. The molecule has 1 nitrogen and oxygen atoms in total. The van der Waals surface area contributed by atoms with Gasteiger partial charge >= 0.3 is 0 Å². The lowest BCUT2D eigenvalue weighted by Gasteiger charge is -2.02. The van der Waals surface area contributed by atoms with Gasteiger partial charge in [-0.2, -0.15) is 0 Å². The van der Waals surface area contributed by atoms with E-state index in [1.165, 1.54) is 5.57 Å². The van der Waals surface area contributed by atoms with Crippen LogP contribution < -0.4 is 0 Å². The Bertz CT molecular complexity index is 164. The van der Waals surface area contributed by atoms with E-state index in [0.717, 1.165) is 6.42 Å². The summed E-state index contributed by atoms with van der Waals surface area (Å²) in [6, 6.07) is 0. The first-order valence-electron chi connectivity index (χ1n) is 4.06. The van der Waals surface area contributed by atoms with Crippen molar-refractivity contribution in [2.24, 2.45) is 10.9 Å². The Kier molecular flexibility index (Phi) is 5.44. The maximum atomic E-state index is 4.12. The van der Waals surface area contributed by atoms with Crippen molar-refractivity contribution in [2.75, 3.05) is 0 Å². The topological polar surface area (TPSA) is 12.4 Å². The molecule has 0 bridgehead atoms. The summed E-state index contributed by atoms with van der Waals surface area (Å²) in [5.41, 5.74) is 1.19. The standard InChI is InChI=1S/C10H17N/c1-5-7-11-8-10(6-2)9(3)4/h6-9H,2,5H2,1,3-4H3/b10-8+,11-7-. The lowest BCUT2D eigenvalue weighted by Crippen LogP contribution is -1.88. The molecule has 0 saturated carbocycles. The van der Waals surface area contributed by atoms with E-state index >= 15 is 0 Å². The average Bonchev–Trinajstić information content (AvgIpc) is 1.97. The van der Waals surface area contributed by atoms with Gasteiger partial charge in [0.1, 0.15) is 0 Å². The van der Waals surface area contributed by atoms with Crippen molar-refractivity contribution in [3.05, 3.63) is 24.4 Å². The second-order valence-corrected chi connectivity index (χ2v) is 2.73. The summed E-state index contributed by atoms with van der Waals surface area (Å²) in [6.07, 6.45) is 6.61. The number of rotatable bonds is 4. The number of hydrogen-bond acceptors (Lipinski definition) is 1. The molecule has 0 unspecified atom stereocenters. The zero-order valence-corrected chi connectivity index (χ0v) is 7.67. The highest BCUT2D eigenvalue weighted by molar-refractivity contribution is 5.57. The molecule has 0 aliphatic carbocycles. The number of aliphatic imine (C=N–C) groups is 1. The first-order valence-corrected chi connectivity index (χ1v) is 4.06. The second-order valence-electron chi connectivity index (χ2n) is 2.73. The fraction of sp³-hybridized carbons (Fsp3) is 0.500. The Labute approximate surface area is 69.5 Å². The number of allylic oxidation sites excluding steroid dienone is 2. The molecule has 11 heavy (non-hydrogen) atoms. The second kappa shape index (κ2) is 5.90. The summed E-state index contributed by atoms with van der Waals surface area (Å²) in [5, 5.41) is 0. The molecule has 0 heterocycles. The van der Waals surface area contributed by atoms with Gasteiger partial charge in [0, 0.05) is 12.4 Å². The van der Waals surface area contributed by atoms with Crippen LogP contribution in [0.4, 0.5) is 0 Å². The molecule has 0 spiro atoms. The van der Waals surface area contributed by atoms with Gasteiger partial charge in [0.2, 0.25) is 0 Å². The predicted octanol–water partition coefficient (Wildman–Crippen LogP) is 3.19. The highest BCUT2D eigenvalue weighted by atomic mass is 14.7. The van der Waals surface area contributed by atoms with Crippen LogP contribution in [-0.4, -0.2) is 6.21 Å². The normalized spacial score (nSPS) is 12.9. The van der Waals surface area contributed by atoms with Crippen molar-refractivity contribution in [3.63, 3.8) is 0 Å². The van der Waals surface area contributed by atoms with Gasteiger partial charge in [0.25, 0.3) is 0 Å². The SMILES string of the molecule is C=C/C(=C\N=C/CC)C(C)C. The van der Waals surface area contributed by atoms with Crippen LogP contribution >= 0.6 is 0 Å². The van der Waals surface area contributed by atoms with Gasteiger partial charge in [-0.3, -0.25) is 4.99 Å². The Morgan fingerprint density at radius 3 is 2.55 bits per heavy atom. The minimum atomic E-state index is 0.515. The highest BCUT2D eigenvalue weighted by Gasteiger charge is 1.95. The zero-order chi connectivity index (χ0) is 8.69. The molecule has 0 fully saturated rings. The van der Waals surface area contributed by atoms with E-state index in [-0.39, 0.29) is 0 Å². The smallest absolute Gasteiger partial charge is 0.0298 e. The molecule has 0 atom stereocenters. The third-order valence-corrected chi connectivity index (χ3v) is 1.41. The van der Waals surface area contributed by atoms with Gasteiger partial charge in [0.15, 0.2) is 0 Å². The van der Waals surface area contributed by atoms with E-state index in [4.69, 9.17) is 0 Å². The van der Waals surface area contributed by atoms with Crippen LogP contribution in [0.3, 0.4) is 0 Å². The molecule has 0 N–H and O–H groups in total. The number of nitrogens with zero attached hydrogens (tertiary/aromatic N) is 1. The molecule has 0 radical (unpaired) electrons. The van der Waals surface area contributed by atoms with Gasteiger partial charge in [-0.1, -0.05) is 33.4 Å². The van der Waals surface area contributed by atoms with Crippen molar-refractivity contribution in [3.8, 4) is 0 Å².